The number of ether oxygens (including phenoxy) is 1. The van der Waals surface area contributed by atoms with Gasteiger partial charge in [-0.3, -0.25) is 4.79 Å². The summed E-state index contributed by atoms with van der Waals surface area (Å²) in [6, 6.07) is 1.80. The lowest BCUT2D eigenvalue weighted by Gasteiger charge is -2.22. The summed E-state index contributed by atoms with van der Waals surface area (Å²) in [7, 11) is 3.38. The number of methoxy groups -OCH3 is 1. The lowest BCUT2D eigenvalue weighted by Crippen LogP contribution is -2.53. The summed E-state index contributed by atoms with van der Waals surface area (Å²) in [5, 5.41) is 7.06. The number of nitrogens with zero attached hydrogens (tertiary/aromatic N) is 2. The van der Waals surface area contributed by atoms with Crippen molar-refractivity contribution in [1.29, 1.82) is 0 Å². The zero-order valence-electron chi connectivity index (χ0n) is 11.1. The Kier molecular flexibility index (Phi) is 3.30. The molecule has 0 aliphatic heterocycles. The largest absolute Gasteiger partial charge is 0.481 e. The minimum absolute atomic E-state index is 0.116. The molecule has 1 atom stereocenters. The molecule has 1 heterocycles. The van der Waals surface area contributed by atoms with Crippen molar-refractivity contribution < 1.29 is 9.53 Å². The predicted octanol–water partition coefficient (Wildman–Crippen LogP) is 0.172. The minimum atomic E-state index is -0.765. The summed E-state index contributed by atoms with van der Waals surface area (Å²) in [6.07, 6.45) is 2.08. The third-order valence-electron chi connectivity index (χ3n) is 3.44. The van der Waals surface area contributed by atoms with Gasteiger partial charge in [0, 0.05) is 13.1 Å². The summed E-state index contributed by atoms with van der Waals surface area (Å²) in [5.74, 6) is 0.863. The highest BCUT2D eigenvalue weighted by molar-refractivity contribution is 5.86. The molecule has 0 aromatic carbocycles. The smallest absolute Gasteiger partial charge is 0.240 e. The van der Waals surface area contributed by atoms with Gasteiger partial charge in [-0.05, 0) is 25.7 Å². The molecular weight excluding hydrogens is 232 g/mol. The number of carbonyl (C=O) groups is 1. The van der Waals surface area contributed by atoms with E-state index in [1.807, 2.05) is 0 Å². The summed E-state index contributed by atoms with van der Waals surface area (Å²) in [4.78, 5) is 12.0. The number of hydrogen-bond acceptors (Lipinski definition) is 4. The molecule has 3 N–H and O–H groups in total. The number of carbonyl (C=O) groups excluding carboxylic acids is 1. The maximum absolute atomic E-state index is 12.0. The Labute approximate surface area is 106 Å². The average molecular weight is 252 g/mol. The fraction of sp³-hybridized carbons (Fsp3) is 0.667. The van der Waals surface area contributed by atoms with Crippen molar-refractivity contribution in [3.05, 3.63) is 11.8 Å². The van der Waals surface area contributed by atoms with E-state index in [1.165, 1.54) is 0 Å². The molecule has 1 saturated carbocycles. The Morgan fingerprint density at radius 2 is 2.39 bits per heavy atom. The molecule has 1 aromatic rings. The van der Waals surface area contributed by atoms with Crippen LogP contribution in [0.25, 0.3) is 0 Å². The summed E-state index contributed by atoms with van der Waals surface area (Å²) < 4.78 is 6.74. The minimum Gasteiger partial charge on any atom is -0.481 e. The van der Waals surface area contributed by atoms with Gasteiger partial charge in [-0.25, -0.2) is 4.68 Å². The van der Waals surface area contributed by atoms with Gasteiger partial charge in [-0.1, -0.05) is 0 Å². The quantitative estimate of drug-likeness (QED) is 0.782. The molecule has 6 nitrogen and oxygen atoms in total. The SMILES string of the molecule is COc1cc(CNC(=O)C(C)(N)C2CC2)nn1C. The molecule has 1 fully saturated rings. The molecule has 0 radical (unpaired) electrons. The van der Waals surface area contributed by atoms with Gasteiger partial charge in [0.15, 0.2) is 0 Å². The lowest BCUT2D eigenvalue weighted by atomic mass is 9.96. The monoisotopic (exact) mass is 252 g/mol. The number of nitrogens with one attached hydrogen (secondary N) is 1. The van der Waals surface area contributed by atoms with E-state index in [9.17, 15) is 4.79 Å². The Balaban J connectivity index is 1.92. The van der Waals surface area contributed by atoms with Crippen LogP contribution in [0.5, 0.6) is 5.88 Å². The van der Waals surface area contributed by atoms with Crippen LogP contribution < -0.4 is 15.8 Å². The van der Waals surface area contributed by atoms with E-state index in [0.29, 0.717) is 18.3 Å². The summed E-state index contributed by atoms with van der Waals surface area (Å²) in [6.45, 7) is 2.16. The van der Waals surface area contributed by atoms with Crippen LogP contribution in [-0.4, -0.2) is 28.3 Å². The molecule has 1 aromatic heterocycles. The average Bonchev–Trinajstić information content (AvgIpc) is 3.11. The summed E-state index contributed by atoms with van der Waals surface area (Å²) >= 11 is 0. The zero-order valence-corrected chi connectivity index (χ0v) is 11.1. The van der Waals surface area contributed by atoms with Crippen molar-refractivity contribution in [2.24, 2.45) is 18.7 Å². The fourth-order valence-electron chi connectivity index (χ4n) is 2.01. The lowest BCUT2D eigenvalue weighted by molar-refractivity contribution is -0.126. The maximum Gasteiger partial charge on any atom is 0.240 e. The standard InChI is InChI=1S/C12H20N4O2/c1-12(13,8-4-5-8)11(17)14-7-9-6-10(18-3)16(2)15-9/h6,8H,4-5,7,13H2,1-3H3,(H,14,17). The molecule has 18 heavy (non-hydrogen) atoms. The van der Waals surface area contributed by atoms with E-state index in [2.05, 4.69) is 10.4 Å². The third-order valence-corrected chi connectivity index (χ3v) is 3.44. The van der Waals surface area contributed by atoms with Crippen molar-refractivity contribution in [3.63, 3.8) is 0 Å². The zero-order chi connectivity index (χ0) is 13.3. The van der Waals surface area contributed by atoms with Crippen LogP contribution in [0.4, 0.5) is 0 Å². The van der Waals surface area contributed by atoms with Gasteiger partial charge in [-0.15, -0.1) is 0 Å². The predicted molar refractivity (Wildman–Crippen MR) is 66.9 cm³/mol. The second kappa shape index (κ2) is 4.61. The number of hydrogen-bond donors (Lipinski definition) is 2. The number of aryl methyl sites for hydroxylation is 1. The van der Waals surface area contributed by atoms with Crippen molar-refractivity contribution >= 4 is 5.91 Å². The van der Waals surface area contributed by atoms with Crippen LogP contribution in [0.1, 0.15) is 25.5 Å². The Hall–Kier alpha value is -1.56. The topological polar surface area (TPSA) is 82.2 Å². The van der Waals surface area contributed by atoms with Gasteiger partial charge in [0.2, 0.25) is 11.8 Å². The first-order valence-corrected chi connectivity index (χ1v) is 6.09. The van der Waals surface area contributed by atoms with Crippen LogP contribution >= 0.6 is 0 Å². The Morgan fingerprint density at radius 3 is 2.89 bits per heavy atom. The van der Waals surface area contributed by atoms with E-state index in [1.54, 1.807) is 31.8 Å². The molecule has 1 aliphatic rings. The molecule has 0 saturated heterocycles. The maximum atomic E-state index is 12.0. The van der Waals surface area contributed by atoms with Crippen LogP contribution in [0.2, 0.25) is 0 Å². The van der Waals surface area contributed by atoms with Crippen LogP contribution in [0.15, 0.2) is 6.07 Å². The molecule has 0 bridgehead atoms. The first kappa shape index (κ1) is 12.9. The molecule has 1 unspecified atom stereocenters. The molecule has 2 rings (SSSR count). The number of rotatable bonds is 5. The fourth-order valence-corrected chi connectivity index (χ4v) is 2.01. The second-order valence-electron chi connectivity index (χ2n) is 5.04. The number of nitrogens with two attached hydrogens (primary N) is 1. The number of amides is 1. The molecule has 6 heteroatoms. The first-order chi connectivity index (χ1) is 8.45. The van der Waals surface area contributed by atoms with Crippen molar-refractivity contribution in [1.82, 2.24) is 15.1 Å². The molecule has 0 spiro atoms. The summed E-state index contributed by atoms with van der Waals surface area (Å²) in [5.41, 5.74) is 6.02. The van der Waals surface area contributed by atoms with E-state index in [-0.39, 0.29) is 5.91 Å². The number of aromatic nitrogens is 2. The van der Waals surface area contributed by atoms with E-state index < -0.39 is 5.54 Å². The van der Waals surface area contributed by atoms with Crippen LogP contribution in [0.3, 0.4) is 0 Å². The molecule has 1 aliphatic carbocycles. The van der Waals surface area contributed by atoms with Gasteiger partial charge in [0.1, 0.15) is 0 Å². The van der Waals surface area contributed by atoms with E-state index in [4.69, 9.17) is 10.5 Å². The second-order valence-corrected chi connectivity index (χ2v) is 5.04. The van der Waals surface area contributed by atoms with Crippen molar-refractivity contribution in [2.75, 3.05) is 7.11 Å². The highest BCUT2D eigenvalue weighted by Crippen LogP contribution is 2.38. The molecule has 1 amide bonds. The highest BCUT2D eigenvalue weighted by atomic mass is 16.5. The van der Waals surface area contributed by atoms with E-state index in [0.717, 1.165) is 18.5 Å². The first-order valence-electron chi connectivity index (χ1n) is 6.09. The third kappa shape index (κ3) is 2.48. The van der Waals surface area contributed by atoms with Crippen molar-refractivity contribution in [2.45, 2.75) is 31.8 Å². The highest BCUT2D eigenvalue weighted by Gasteiger charge is 2.43. The normalized spacial score (nSPS) is 18.2. The van der Waals surface area contributed by atoms with Gasteiger partial charge in [-0.2, -0.15) is 5.10 Å². The van der Waals surface area contributed by atoms with Gasteiger partial charge >= 0.3 is 0 Å². The molecular formula is C12H20N4O2. The van der Waals surface area contributed by atoms with E-state index >= 15 is 0 Å². The molecule has 100 valence electrons. The van der Waals surface area contributed by atoms with Crippen molar-refractivity contribution in [3.8, 4) is 5.88 Å². The van der Waals surface area contributed by atoms with Gasteiger partial charge in [0.25, 0.3) is 0 Å². The van der Waals surface area contributed by atoms with Gasteiger partial charge in [0.05, 0.1) is 24.9 Å². The Morgan fingerprint density at radius 1 is 1.72 bits per heavy atom. The van der Waals surface area contributed by atoms with Crippen LogP contribution in [0, 0.1) is 5.92 Å². The van der Waals surface area contributed by atoms with Gasteiger partial charge < -0.3 is 15.8 Å². The Bertz CT molecular complexity index is 449. The van der Waals surface area contributed by atoms with Crippen LogP contribution in [-0.2, 0) is 18.4 Å².